The van der Waals surface area contributed by atoms with Crippen molar-refractivity contribution >= 4 is 17.9 Å². The smallest absolute Gasteiger partial charge is 0.0271 e. The number of halogens is 1. The predicted molar refractivity (Wildman–Crippen MR) is 58.2 cm³/mol. The van der Waals surface area contributed by atoms with Crippen LogP contribution >= 0.6 is 17.9 Å². The summed E-state index contributed by atoms with van der Waals surface area (Å²) in [5.41, 5.74) is 1.97. The number of rotatable bonds is 3. The van der Waals surface area contributed by atoms with Gasteiger partial charge < -0.3 is 0 Å². The van der Waals surface area contributed by atoms with E-state index in [0.29, 0.717) is 17.0 Å². The molecule has 79 valence electrons. The van der Waals surface area contributed by atoms with E-state index < -0.39 is 6.62 Å². The van der Waals surface area contributed by atoms with Crippen LogP contribution in [0, 0.1) is 0 Å². The summed E-state index contributed by atoms with van der Waals surface area (Å²) in [6, 6.07) is 0. The Morgan fingerprint density at radius 1 is 0.750 bits per heavy atom. The number of hydrogen-bond donors (Lipinski definition) is 0. The second-order valence-electron chi connectivity index (χ2n) is 4.02. The maximum Gasteiger partial charge on any atom is 0.121 e. The molecule has 3 heteroatoms. The first kappa shape index (κ1) is 15.7. The van der Waals surface area contributed by atoms with Gasteiger partial charge in [-0.3, -0.25) is 0 Å². The molecule has 0 aliphatic rings. The zero-order valence-corrected chi connectivity index (χ0v) is 11.5. The van der Waals surface area contributed by atoms with Gasteiger partial charge in [-0.1, -0.05) is 0 Å². The summed E-state index contributed by atoms with van der Waals surface area (Å²) >= 11 is 6.66. The second kappa shape index (κ2) is 5.86. The minimum atomic E-state index is -1.21. The van der Waals surface area contributed by atoms with Crippen molar-refractivity contribution in [2.75, 3.05) is 0 Å². The third-order valence-corrected chi connectivity index (χ3v) is 10.6. The van der Waals surface area contributed by atoms with Crippen LogP contribution in [0.1, 0.15) is 41.5 Å². The average molecular weight is 259 g/mol. The summed E-state index contributed by atoms with van der Waals surface area (Å²) in [4.78, 5) is 0. The molecular weight excluding hydrogens is 238 g/mol. The SMILES string of the molecule is CC(C)[P+](Cl)(C(C)C)C(C)C.[Cu]. The minimum Gasteiger partial charge on any atom is -0.0271 e. The van der Waals surface area contributed by atoms with Crippen LogP contribution < -0.4 is 0 Å². The van der Waals surface area contributed by atoms with Gasteiger partial charge in [0.05, 0.1) is 28.2 Å². The first-order valence-electron chi connectivity index (χ1n) is 4.41. The average Bonchev–Trinajstić information content (AvgIpc) is 1.84. The van der Waals surface area contributed by atoms with E-state index in [2.05, 4.69) is 41.5 Å². The quantitative estimate of drug-likeness (QED) is 0.521. The van der Waals surface area contributed by atoms with E-state index >= 15 is 0 Å². The zero-order chi connectivity index (χ0) is 9.23. The van der Waals surface area contributed by atoms with Crippen molar-refractivity contribution in [2.24, 2.45) is 0 Å². The van der Waals surface area contributed by atoms with E-state index in [1.54, 1.807) is 0 Å². The van der Waals surface area contributed by atoms with Gasteiger partial charge in [-0.15, -0.1) is 0 Å². The Bertz CT molecular complexity index is 102. The normalized spacial score (nSPS) is 12.5. The molecule has 12 heavy (non-hydrogen) atoms. The molecule has 0 aromatic heterocycles. The van der Waals surface area contributed by atoms with Crippen molar-refractivity contribution in [3.8, 4) is 0 Å². The van der Waals surface area contributed by atoms with Crippen molar-refractivity contribution in [1.29, 1.82) is 0 Å². The molecule has 0 saturated carbocycles. The largest absolute Gasteiger partial charge is 0.121 e. The Morgan fingerprint density at radius 3 is 0.917 bits per heavy atom. The molecule has 0 spiro atoms. The summed E-state index contributed by atoms with van der Waals surface area (Å²) in [5.74, 6) is 0. The maximum absolute atomic E-state index is 6.66. The summed E-state index contributed by atoms with van der Waals surface area (Å²) in [6.45, 7) is 12.3. The van der Waals surface area contributed by atoms with Crippen LogP contribution in [0.2, 0.25) is 0 Å². The van der Waals surface area contributed by atoms with Crippen LogP contribution in [0.5, 0.6) is 0 Å². The molecule has 0 bridgehead atoms. The summed E-state index contributed by atoms with van der Waals surface area (Å²) in [6.07, 6.45) is 0. The van der Waals surface area contributed by atoms with Gasteiger partial charge in [0.1, 0.15) is 6.62 Å². The van der Waals surface area contributed by atoms with Crippen molar-refractivity contribution in [1.82, 2.24) is 0 Å². The minimum absolute atomic E-state index is 0. The Hall–Kier alpha value is 1.24. The summed E-state index contributed by atoms with van der Waals surface area (Å²) < 4.78 is 0. The van der Waals surface area contributed by atoms with E-state index in [9.17, 15) is 0 Å². The van der Waals surface area contributed by atoms with Gasteiger partial charge in [-0.05, 0) is 41.5 Å². The van der Waals surface area contributed by atoms with Gasteiger partial charge in [0.2, 0.25) is 0 Å². The molecule has 0 atom stereocenters. The topological polar surface area (TPSA) is 0 Å². The Balaban J connectivity index is 0. The molecule has 0 aliphatic carbocycles. The molecule has 0 aliphatic heterocycles. The Kier molecular flexibility index (Phi) is 7.67. The molecule has 0 heterocycles. The molecule has 0 amide bonds. The predicted octanol–water partition coefficient (Wildman–Crippen LogP) is 4.38. The zero-order valence-electron chi connectivity index (χ0n) is 8.86. The fourth-order valence-electron chi connectivity index (χ4n) is 1.79. The molecule has 0 fully saturated rings. The fourth-order valence-corrected chi connectivity index (χ4v) is 5.37. The van der Waals surface area contributed by atoms with Crippen LogP contribution in [0.15, 0.2) is 0 Å². The van der Waals surface area contributed by atoms with Crippen LogP contribution in [0.3, 0.4) is 0 Å². The molecular formula is C9H21ClCuP+. The molecule has 1 radical (unpaired) electrons. The molecule has 0 rings (SSSR count). The summed E-state index contributed by atoms with van der Waals surface area (Å²) in [5, 5.41) is 0. The maximum atomic E-state index is 6.66. The van der Waals surface area contributed by atoms with E-state index in [0.717, 1.165) is 0 Å². The first-order chi connectivity index (χ1) is 4.83. The van der Waals surface area contributed by atoms with Crippen molar-refractivity contribution < 1.29 is 17.1 Å². The first-order valence-corrected chi connectivity index (χ1v) is 7.31. The van der Waals surface area contributed by atoms with Crippen LogP contribution in [-0.4, -0.2) is 17.0 Å². The van der Waals surface area contributed by atoms with Crippen LogP contribution in [0.4, 0.5) is 0 Å². The van der Waals surface area contributed by atoms with Crippen molar-refractivity contribution in [3.05, 3.63) is 0 Å². The standard InChI is InChI=1S/C9H21ClP.Cu/c1-7(2)11(10,8(3)4)9(5)6;/h7-9H,1-6H3;/q+1;. The number of hydrogen-bond acceptors (Lipinski definition) is 0. The monoisotopic (exact) mass is 258 g/mol. The second-order valence-corrected chi connectivity index (χ2v) is 10.4. The van der Waals surface area contributed by atoms with E-state index in [1.807, 2.05) is 0 Å². The van der Waals surface area contributed by atoms with Gasteiger partial charge >= 0.3 is 0 Å². The molecule has 0 nitrogen and oxygen atoms in total. The molecule has 0 saturated heterocycles. The van der Waals surface area contributed by atoms with Crippen LogP contribution in [0.25, 0.3) is 0 Å². The third kappa shape index (κ3) is 3.18. The van der Waals surface area contributed by atoms with Gasteiger partial charge in [0.25, 0.3) is 0 Å². The van der Waals surface area contributed by atoms with Gasteiger partial charge in [0.15, 0.2) is 0 Å². The molecule has 0 aromatic rings. The van der Waals surface area contributed by atoms with Gasteiger partial charge in [0, 0.05) is 17.1 Å². The summed E-state index contributed by atoms with van der Waals surface area (Å²) in [7, 11) is 0. The fraction of sp³-hybridized carbons (Fsp3) is 1.00. The van der Waals surface area contributed by atoms with Crippen molar-refractivity contribution in [2.45, 2.75) is 58.5 Å². The molecule has 0 unspecified atom stereocenters. The van der Waals surface area contributed by atoms with E-state index in [4.69, 9.17) is 11.2 Å². The van der Waals surface area contributed by atoms with E-state index in [-0.39, 0.29) is 17.1 Å². The third-order valence-electron chi connectivity index (χ3n) is 2.37. The van der Waals surface area contributed by atoms with Crippen LogP contribution in [-0.2, 0) is 17.1 Å². The van der Waals surface area contributed by atoms with Crippen molar-refractivity contribution in [3.63, 3.8) is 0 Å². The Labute approximate surface area is 93.4 Å². The van der Waals surface area contributed by atoms with Gasteiger partial charge in [-0.2, -0.15) is 0 Å². The molecule has 0 aromatic carbocycles. The molecule has 0 N–H and O–H groups in total. The van der Waals surface area contributed by atoms with E-state index in [1.165, 1.54) is 0 Å². The van der Waals surface area contributed by atoms with Gasteiger partial charge in [-0.25, -0.2) is 0 Å². The Morgan fingerprint density at radius 2 is 0.917 bits per heavy atom.